The summed E-state index contributed by atoms with van der Waals surface area (Å²) in [5, 5.41) is 13.1. The Morgan fingerprint density at radius 2 is 2.10 bits per heavy atom. The Hall–Kier alpha value is -1.56. The van der Waals surface area contributed by atoms with E-state index in [1.165, 1.54) is 0 Å². The average molecular weight is 300 g/mol. The molecule has 0 fully saturated rings. The quantitative estimate of drug-likeness (QED) is 0.853. The highest BCUT2D eigenvalue weighted by atomic mass is 35.5. The van der Waals surface area contributed by atoms with Gasteiger partial charge in [-0.25, -0.2) is 4.79 Å². The Morgan fingerprint density at radius 1 is 1.45 bits per heavy atom. The predicted octanol–water partition coefficient (Wildman–Crippen LogP) is 1.27. The van der Waals surface area contributed by atoms with E-state index in [1.807, 2.05) is 13.8 Å². The Bertz CT molecular complexity index is 565. The lowest BCUT2D eigenvalue weighted by molar-refractivity contribution is -0.140. The smallest absolute Gasteiger partial charge is 0.356 e. The third kappa shape index (κ3) is 2.40. The van der Waals surface area contributed by atoms with Crippen LogP contribution in [-0.4, -0.2) is 44.1 Å². The molecule has 0 atom stereocenters. The molecule has 0 saturated heterocycles. The van der Waals surface area contributed by atoms with E-state index in [9.17, 15) is 9.59 Å². The van der Waals surface area contributed by atoms with Crippen molar-refractivity contribution >= 4 is 23.5 Å². The van der Waals surface area contributed by atoms with Crippen molar-refractivity contribution in [2.45, 2.75) is 26.8 Å². The number of aromatic carboxylic acids is 1. The highest BCUT2D eigenvalue weighted by Gasteiger charge is 2.35. The molecule has 0 saturated carbocycles. The molecule has 110 valence electrons. The molecule has 2 rings (SSSR count). The number of rotatable bonds is 3. The van der Waals surface area contributed by atoms with Gasteiger partial charge in [0.15, 0.2) is 5.69 Å². The van der Waals surface area contributed by atoms with Gasteiger partial charge in [-0.1, -0.05) is 0 Å². The topological polar surface area (TPSA) is 75.4 Å². The molecule has 1 aliphatic heterocycles. The maximum Gasteiger partial charge on any atom is 0.356 e. The van der Waals surface area contributed by atoms with Gasteiger partial charge in [-0.2, -0.15) is 5.10 Å². The maximum atomic E-state index is 12.4. The van der Waals surface area contributed by atoms with Gasteiger partial charge in [-0.15, -0.1) is 11.6 Å². The molecule has 20 heavy (non-hydrogen) atoms. The van der Waals surface area contributed by atoms with Crippen LogP contribution in [0.15, 0.2) is 0 Å². The molecule has 0 spiro atoms. The first kappa shape index (κ1) is 14.8. The first-order valence-electron chi connectivity index (χ1n) is 6.41. The summed E-state index contributed by atoms with van der Waals surface area (Å²) in [6.07, 6.45) is 0.509. The van der Waals surface area contributed by atoms with Crippen LogP contribution in [0.25, 0.3) is 0 Å². The van der Waals surface area contributed by atoms with Crippen molar-refractivity contribution < 1.29 is 14.7 Å². The van der Waals surface area contributed by atoms with Crippen molar-refractivity contribution in [3.63, 3.8) is 0 Å². The van der Waals surface area contributed by atoms with Gasteiger partial charge in [0.25, 0.3) is 0 Å². The second kappa shape index (κ2) is 5.09. The van der Waals surface area contributed by atoms with Gasteiger partial charge in [0.05, 0.1) is 17.7 Å². The number of carboxylic acid groups (broad SMARTS) is 1. The molecule has 0 aliphatic carbocycles. The van der Waals surface area contributed by atoms with Crippen LogP contribution in [0.3, 0.4) is 0 Å². The van der Waals surface area contributed by atoms with E-state index in [0.29, 0.717) is 19.5 Å². The van der Waals surface area contributed by atoms with Crippen molar-refractivity contribution in [1.29, 1.82) is 0 Å². The zero-order chi connectivity index (χ0) is 15.1. The number of carbonyl (C=O) groups excluding carboxylic acids is 1. The van der Waals surface area contributed by atoms with E-state index in [-0.39, 0.29) is 17.5 Å². The minimum absolute atomic E-state index is 0.0174. The summed E-state index contributed by atoms with van der Waals surface area (Å²) in [5.74, 6) is -0.792. The summed E-state index contributed by atoms with van der Waals surface area (Å²) in [6.45, 7) is 4.50. The van der Waals surface area contributed by atoms with Gasteiger partial charge in [0, 0.05) is 25.0 Å². The fourth-order valence-electron chi connectivity index (χ4n) is 2.40. The van der Waals surface area contributed by atoms with Crippen molar-refractivity contribution in [3.8, 4) is 0 Å². The van der Waals surface area contributed by atoms with Gasteiger partial charge >= 0.3 is 5.97 Å². The zero-order valence-corrected chi connectivity index (χ0v) is 12.6. The number of hydrogen-bond donors (Lipinski definition) is 1. The largest absolute Gasteiger partial charge is 0.476 e. The molecular weight excluding hydrogens is 282 g/mol. The number of carboxylic acids is 1. The normalized spacial score (nSPS) is 15.1. The van der Waals surface area contributed by atoms with E-state index in [2.05, 4.69) is 5.10 Å². The first-order valence-corrected chi connectivity index (χ1v) is 6.94. The van der Waals surface area contributed by atoms with Gasteiger partial charge in [0.1, 0.15) is 0 Å². The minimum Gasteiger partial charge on any atom is -0.476 e. The van der Waals surface area contributed by atoms with Crippen molar-refractivity contribution in [3.05, 3.63) is 17.0 Å². The zero-order valence-electron chi connectivity index (χ0n) is 11.8. The van der Waals surface area contributed by atoms with Crippen LogP contribution in [-0.2, 0) is 24.8 Å². The summed E-state index contributed by atoms with van der Waals surface area (Å²) in [4.78, 5) is 25.3. The van der Waals surface area contributed by atoms with E-state index < -0.39 is 11.4 Å². The summed E-state index contributed by atoms with van der Waals surface area (Å²) >= 11 is 5.84. The number of fused-ring (bicyclic) bond motifs is 1. The van der Waals surface area contributed by atoms with E-state index >= 15 is 0 Å². The number of alkyl halides is 1. The fourth-order valence-corrected chi connectivity index (χ4v) is 2.51. The van der Waals surface area contributed by atoms with Crippen LogP contribution in [0.5, 0.6) is 0 Å². The monoisotopic (exact) mass is 299 g/mol. The summed E-state index contributed by atoms with van der Waals surface area (Å²) in [5.41, 5.74) is 0.985. The van der Waals surface area contributed by atoms with Crippen LogP contribution in [0.2, 0.25) is 0 Å². The molecule has 1 aromatic rings. The van der Waals surface area contributed by atoms with Crippen LogP contribution in [0.1, 0.15) is 35.6 Å². The van der Waals surface area contributed by atoms with Crippen molar-refractivity contribution in [2.75, 3.05) is 12.4 Å². The molecule has 0 aromatic carbocycles. The Kier molecular flexibility index (Phi) is 3.77. The van der Waals surface area contributed by atoms with Crippen LogP contribution >= 0.6 is 11.6 Å². The van der Waals surface area contributed by atoms with Crippen molar-refractivity contribution in [1.82, 2.24) is 14.7 Å². The van der Waals surface area contributed by atoms with Crippen LogP contribution in [0, 0.1) is 5.41 Å². The van der Waals surface area contributed by atoms with Gasteiger partial charge in [-0.05, 0) is 20.3 Å². The summed E-state index contributed by atoms with van der Waals surface area (Å²) in [7, 11) is 1.70. The Labute approximate surface area is 122 Å². The number of amides is 1. The third-order valence-corrected chi connectivity index (χ3v) is 4.32. The molecule has 1 aliphatic rings. The van der Waals surface area contributed by atoms with E-state index in [0.717, 1.165) is 11.3 Å². The first-order chi connectivity index (χ1) is 9.27. The highest BCUT2D eigenvalue weighted by Crippen LogP contribution is 2.27. The second-order valence-corrected chi connectivity index (χ2v) is 5.96. The number of hydrogen-bond acceptors (Lipinski definition) is 3. The van der Waals surface area contributed by atoms with Crippen LogP contribution in [0.4, 0.5) is 0 Å². The molecule has 6 nitrogen and oxygen atoms in total. The lowest BCUT2D eigenvalue weighted by atomic mass is 9.92. The molecule has 1 aromatic heterocycles. The second-order valence-electron chi connectivity index (χ2n) is 5.70. The Morgan fingerprint density at radius 3 is 2.65 bits per heavy atom. The standard InChI is InChI=1S/C13H18ClN3O3/c1-13(2,7-14)12(20)17-5-4-8-9(6-17)16(3)15-10(8)11(18)19/h4-7H2,1-3H3,(H,18,19). The SMILES string of the molecule is Cn1nc(C(=O)O)c2c1CN(C(=O)C(C)(C)CCl)CC2. The molecular formula is C13H18ClN3O3. The molecule has 1 amide bonds. The van der Waals surface area contributed by atoms with E-state index in [4.69, 9.17) is 16.7 Å². The molecule has 0 bridgehead atoms. The summed E-state index contributed by atoms with van der Waals surface area (Å²) in [6, 6.07) is 0. The van der Waals surface area contributed by atoms with E-state index in [1.54, 1.807) is 16.6 Å². The van der Waals surface area contributed by atoms with Crippen LogP contribution < -0.4 is 0 Å². The number of aromatic nitrogens is 2. The number of halogens is 1. The summed E-state index contributed by atoms with van der Waals surface area (Å²) < 4.78 is 1.55. The third-order valence-electron chi connectivity index (χ3n) is 3.65. The molecule has 7 heteroatoms. The average Bonchev–Trinajstić information content (AvgIpc) is 2.75. The Balaban J connectivity index is 2.28. The molecule has 0 unspecified atom stereocenters. The molecule has 1 N–H and O–H groups in total. The fraction of sp³-hybridized carbons (Fsp3) is 0.615. The molecule has 2 heterocycles. The molecule has 0 radical (unpaired) electrons. The lowest BCUT2D eigenvalue weighted by Gasteiger charge is -2.33. The number of carbonyl (C=O) groups is 2. The maximum absolute atomic E-state index is 12.4. The highest BCUT2D eigenvalue weighted by molar-refractivity contribution is 6.19. The predicted molar refractivity (Wildman–Crippen MR) is 73.8 cm³/mol. The van der Waals surface area contributed by atoms with Gasteiger partial charge in [0.2, 0.25) is 5.91 Å². The van der Waals surface area contributed by atoms with Gasteiger partial charge < -0.3 is 10.0 Å². The lowest BCUT2D eigenvalue weighted by Crippen LogP contribution is -2.44. The van der Waals surface area contributed by atoms with Crippen molar-refractivity contribution in [2.24, 2.45) is 12.5 Å². The number of nitrogens with zero attached hydrogens (tertiary/aromatic N) is 3. The minimum atomic E-state index is -1.03. The van der Waals surface area contributed by atoms with Gasteiger partial charge in [-0.3, -0.25) is 9.48 Å². The number of aryl methyl sites for hydroxylation is 1.